The summed E-state index contributed by atoms with van der Waals surface area (Å²) in [7, 11) is 1.60. The van der Waals surface area contributed by atoms with E-state index < -0.39 is 6.10 Å². The molecule has 0 saturated heterocycles. The van der Waals surface area contributed by atoms with Crippen molar-refractivity contribution in [1.82, 2.24) is 0 Å². The van der Waals surface area contributed by atoms with Gasteiger partial charge in [0.05, 0.1) is 13.7 Å². The maximum atomic E-state index is 10.8. The van der Waals surface area contributed by atoms with Crippen molar-refractivity contribution >= 4 is 11.6 Å². The molecule has 2 aromatic rings. The van der Waals surface area contributed by atoms with E-state index in [4.69, 9.17) is 21.1 Å². The van der Waals surface area contributed by atoms with Crippen molar-refractivity contribution < 1.29 is 14.6 Å². The third-order valence-electron chi connectivity index (χ3n) is 3.75. The molecule has 0 spiro atoms. The summed E-state index contributed by atoms with van der Waals surface area (Å²) in [5.74, 6) is 1.40. The lowest BCUT2D eigenvalue weighted by Crippen LogP contribution is -2.05. The van der Waals surface area contributed by atoms with Gasteiger partial charge in [-0.3, -0.25) is 0 Å². The Labute approximate surface area is 129 Å². The Kier molecular flexibility index (Phi) is 3.79. The molecule has 1 atom stereocenters. The molecule has 0 amide bonds. The number of hydrogen-bond acceptors (Lipinski definition) is 3. The minimum Gasteiger partial charge on any atom is -0.496 e. The van der Waals surface area contributed by atoms with Gasteiger partial charge in [0.1, 0.15) is 17.6 Å². The second kappa shape index (κ2) is 5.58. The predicted octanol–water partition coefficient (Wildman–Crippen LogP) is 3.67. The molecule has 1 N–H and O–H groups in total. The molecule has 0 bridgehead atoms. The second-order valence-corrected chi connectivity index (χ2v) is 5.67. The lowest BCUT2D eigenvalue weighted by molar-refractivity contribution is 0.208. The lowest BCUT2D eigenvalue weighted by Gasteiger charge is -2.18. The van der Waals surface area contributed by atoms with Crippen LogP contribution in [0.5, 0.6) is 11.5 Å². The Bertz CT molecular complexity index is 682. The van der Waals surface area contributed by atoms with E-state index >= 15 is 0 Å². The molecule has 2 aromatic carbocycles. The summed E-state index contributed by atoms with van der Waals surface area (Å²) < 4.78 is 11.0. The van der Waals surface area contributed by atoms with Crippen LogP contribution in [-0.4, -0.2) is 18.8 Å². The molecule has 0 radical (unpaired) electrons. The van der Waals surface area contributed by atoms with Crippen LogP contribution in [0.2, 0.25) is 5.02 Å². The van der Waals surface area contributed by atoms with Crippen LogP contribution in [0.15, 0.2) is 30.3 Å². The third-order valence-corrected chi connectivity index (χ3v) is 3.97. The summed E-state index contributed by atoms with van der Waals surface area (Å²) in [5, 5.41) is 11.4. The second-order valence-electron chi connectivity index (χ2n) is 5.23. The van der Waals surface area contributed by atoms with E-state index in [1.165, 1.54) is 0 Å². The number of hydrogen-bond donors (Lipinski definition) is 1. The van der Waals surface area contributed by atoms with Gasteiger partial charge in [0, 0.05) is 22.6 Å². The summed E-state index contributed by atoms with van der Waals surface area (Å²) in [4.78, 5) is 0. The molecule has 0 saturated carbocycles. The quantitative estimate of drug-likeness (QED) is 0.940. The van der Waals surface area contributed by atoms with Gasteiger partial charge in [-0.25, -0.2) is 0 Å². The number of methoxy groups -OCH3 is 1. The van der Waals surface area contributed by atoms with Gasteiger partial charge in [-0.2, -0.15) is 0 Å². The zero-order valence-electron chi connectivity index (χ0n) is 12.0. The van der Waals surface area contributed by atoms with Gasteiger partial charge in [-0.15, -0.1) is 0 Å². The maximum absolute atomic E-state index is 10.8. The van der Waals surface area contributed by atoms with Crippen LogP contribution in [0.1, 0.15) is 28.4 Å². The summed E-state index contributed by atoms with van der Waals surface area (Å²) in [5.41, 5.74) is 3.52. The normalized spacial score (nSPS) is 14.5. The van der Waals surface area contributed by atoms with Crippen LogP contribution in [0, 0.1) is 6.92 Å². The van der Waals surface area contributed by atoms with E-state index in [-0.39, 0.29) is 0 Å². The van der Waals surface area contributed by atoms with Crippen molar-refractivity contribution in [1.29, 1.82) is 0 Å². The SMILES string of the molecule is COc1ccc(C)cc1C(O)c1cc(Cl)cc2c1OCC2. The summed E-state index contributed by atoms with van der Waals surface area (Å²) in [6.45, 7) is 2.61. The third kappa shape index (κ3) is 2.59. The smallest absolute Gasteiger partial charge is 0.128 e. The molecule has 1 aliphatic rings. The van der Waals surface area contributed by atoms with Gasteiger partial charge in [0.15, 0.2) is 0 Å². The van der Waals surface area contributed by atoms with Crippen LogP contribution in [-0.2, 0) is 6.42 Å². The van der Waals surface area contributed by atoms with E-state index in [1.54, 1.807) is 13.2 Å². The molecule has 21 heavy (non-hydrogen) atoms. The number of ether oxygens (including phenoxy) is 2. The van der Waals surface area contributed by atoms with Crippen molar-refractivity contribution in [3.8, 4) is 11.5 Å². The van der Waals surface area contributed by atoms with E-state index in [9.17, 15) is 5.11 Å². The highest BCUT2D eigenvalue weighted by Crippen LogP contribution is 2.40. The first-order valence-electron chi connectivity index (χ1n) is 6.88. The molecule has 110 valence electrons. The fourth-order valence-electron chi connectivity index (χ4n) is 2.74. The van der Waals surface area contributed by atoms with Gasteiger partial charge in [-0.05, 0) is 36.8 Å². The topological polar surface area (TPSA) is 38.7 Å². The molecule has 0 fully saturated rings. The summed E-state index contributed by atoms with van der Waals surface area (Å²) in [6, 6.07) is 9.39. The molecular weight excluding hydrogens is 288 g/mol. The van der Waals surface area contributed by atoms with Crippen molar-refractivity contribution in [2.24, 2.45) is 0 Å². The zero-order chi connectivity index (χ0) is 15.0. The average molecular weight is 305 g/mol. The highest BCUT2D eigenvalue weighted by atomic mass is 35.5. The number of aryl methyl sites for hydroxylation is 1. The highest BCUT2D eigenvalue weighted by molar-refractivity contribution is 6.30. The van der Waals surface area contributed by atoms with Crippen molar-refractivity contribution in [3.05, 3.63) is 57.6 Å². The van der Waals surface area contributed by atoms with Gasteiger partial charge in [0.2, 0.25) is 0 Å². The Balaban J connectivity index is 2.11. The Hall–Kier alpha value is -1.71. The lowest BCUT2D eigenvalue weighted by atomic mass is 9.96. The van der Waals surface area contributed by atoms with E-state index in [1.807, 2.05) is 31.2 Å². The van der Waals surface area contributed by atoms with E-state index in [2.05, 4.69) is 0 Å². The van der Waals surface area contributed by atoms with Crippen LogP contribution < -0.4 is 9.47 Å². The molecule has 3 nitrogen and oxygen atoms in total. The number of halogens is 1. The molecule has 0 aliphatic carbocycles. The number of aliphatic hydroxyl groups is 1. The van der Waals surface area contributed by atoms with Crippen LogP contribution in [0.25, 0.3) is 0 Å². The van der Waals surface area contributed by atoms with Gasteiger partial charge < -0.3 is 14.6 Å². The molecule has 1 aliphatic heterocycles. The zero-order valence-corrected chi connectivity index (χ0v) is 12.8. The Morgan fingerprint density at radius 3 is 2.81 bits per heavy atom. The fourth-order valence-corrected chi connectivity index (χ4v) is 2.99. The summed E-state index contributed by atoms with van der Waals surface area (Å²) in [6.07, 6.45) is -0.00833. The molecule has 3 rings (SSSR count). The molecule has 1 heterocycles. The maximum Gasteiger partial charge on any atom is 0.128 e. The van der Waals surface area contributed by atoms with Crippen molar-refractivity contribution in [2.45, 2.75) is 19.4 Å². The van der Waals surface area contributed by atoms with Crippen LogP contribution in [0.4, 0.5) is 0 Å². The standard InChI is InChI=1S/C17H17ClO3/c1-10-3-4-15(20-2)13(7-10)16(19)14-9-12(18)8-11-5-6-21-17(11)14/h3-4,7-9,16,19H,5-6H2,1-2H3. The Morgan fingerprint density at radius 2 is 2.05 bits per heavy atom. The van der Waals surface area contributed by atoms with Gasteiger partial charge >= 0.3 is 0 Å². The van der Waals surface area contributed by atoms with E-state index in [0.29, 0.717) is 22.9 Å². The van der Waals surface area contributed by atoms with Crippen molar-refractivity contribution in [2.75, 3.05) is 13.7 Å². The average Bonchev–Trinajstić information content (AvgIpc) is 2.93. The van der Waals surface area contributed by atoms with Gasteiger partial charge in [-0.1, -0.05) is 23.2 Å². The number of benzene rings is 2. The fraction of sp³-hybridized carbons (Fsp3) is 0.294. The number of rotatable bonds is 3. The Morgan fingerprint density at radius 1 is 1.24 bits per heavy atom. The first-order valence-corrected chi connectivity index (χ1v) is 7.25. The molecule has 0 aromatic heterocycles. The molecule has 1 unspecified atom stereocenters. The van der Waals surface area contributed by atoms with Gasteiger partial charge in [0.25, 0.3) is 0 Å². The number of aliphatic hydroxyl groups excluding tert-OH is 1. The monoisotopic (exact) mass is 304 g/mol. The molecular formula is C17H17ClO3. The van der Waals surface area contributed by atoms with Crippen LogP contribution >= 0.6 is 11.6 Å². The van der Waals surface area contributed by atoms with Crippen LogP contribution in [0.3, 0.4) is 0 Å². The number of fused-ring (bicyclic) bond motifs is 1. The largest absolute Gasteiger partial charge is 0.496 e. The van der Waals surface area contributed by atoms with Crippen molar-refractivity contribution in [3.63, 3.8) is 0 Å². The first kappa shape index (κ1) is 14.2. The molecule has 4 heteroatoms. The highest BCUT2D eigenvalue weighted by Gasteiger charge is 2.25. The summed E-state index contributed by atoms with van der Waals surface area (Å²) >= 11 is 6.17. The minimum atomic E-state index is -0.828. The first-order chi connectivity index (χ1) is 10.1. The predicted molar refractivity (Wildman–Crippen MR) is 82.4 cm³/mol. The van der Waals surface area contributed by atoms with E-state index in [0.717, 1.165) is 28.9 Å². The minimum absolute atomic E-state index is 0.611.